The van der Waals surface area contributed by atoms with Crippen molar-refractivity contribution in [3.63, 3.8) is 0 Å². The molecule has 1 aliphatic rings. The fraction of sp³-hybridized carbons (Fsp3) is 0.846. The molecule has 1 unspecified atom stereocenters. The Morgan fingerprint density at radius 3 is 2.76 bits per heavy atom. The minimum Gasteiger partial charge on any atom is -0.463 e. The molecule has 0 saturated carbocycles. The molecule has 0 N–H and O–H groups in total. The van der Waals surface area contributed by atoms with Gasteiger partial charge < -0.3 is 9.64 Å². The molecule has 0 radical (unpaired) electrons. The van der Waals surface area contributed by atoms with E-state index in [0.29, 0.717) is 13.0 Å². The molecule has 1 rings (SSSR count). The van der Waals surface area contributed by atoms with E-state index in [1.54, 1.807) is 4.90 Å². The molecule has 98 valence electrons. The van der Waals surface area contributed by atoms with Crippen LogP contribution in [-0.4, -0.2) is 36.0 Å². The number of amides is 1. The number of carbonyl (C=O) groups excluding carboxylic acids is 2. The van der Waals surface area contributed by atoms with Crippen molar-refractivity contribution in [2.75, 3.05) is 13.1 Å². The lowest BCUT2D eigenvalue weighted by Crippen LogP contribution is -2.28. The van der Waals surface area contributed by atoms with Gasteiger partial charge >= 0.3 is 5.97 Å². The molecule has 1 heterocycles. The predicted octanol–water partition coefficient (Wildman–Crippen LogP) is 1.98. The third-order valence-electron chi connectivity index (χ3n) is 2.93. The van der Waals surface area contributed by atoms with Gasteiger partial charge in [-0.25, -0.2) is 0 Å². The Morgan fingerprint density at radius 1 is 1.47 bits per heavy atom. The molecule has 1 saturated heterocycles. The number of nitrogens with zero attached hydrogens (tertiary/aromatic N) is 1. The Morgan fingerprint density at radius 2 is 2.18 bits per heavy atom. The molecule has 0 aliphatic carbocycles. The van der Waals surface area contributed by atoms with Crippen LogP contribution in [0.15, 0.2) is 0 Å². The van der Waals surface area contributed by atoms with Gasteiger partial charge in [0.2, 0.25) is 5.91 Å². The van der Waals surface area contributed by atoms with Crippen molar-refractivity contribution in [2.24, 2.45) is 5.92 Å². The van der Waals surface area contributed by atoms with Crippen LogP contribution in [0.25, 0.3) is 0 Å². The summed E-state index contributed by atoms with van der Waals surface area (Å²) in [6, 6.07) is 0. The van der Waals surface area contributed by atoms with Crippen LogP contribution >= 0.6 is 0 Å². The molecule has 0 aromatic heterocycles. The van der Waals surface area contributed by atoms with Crippen LogP contribution in [0.3, 0.4) is 0 Å². The Labute approximate surface area is 103 Å². The Balaban J connectivity index is 2.37. The minimum atomic E-state index is -0.258. The number of hydrogen-bond acceptors (Lipinski definition) is 3. The first-order chi connectivity index (χ1) is 8.04. The lowest BCUT2D eigenvalue weighted by atomic mass is 10.1. The van der Waals surface area contributed by atoms with E-state index in [4.69, 9.17) is 4.74 Å². The molecule has 1 amide bonds. The molecule has 17 heavy (non-hydrogen) atoms. The topological polar surface area (TPSA) is 46.6 Å². The van der Waals surface area contributed by atoms with E-state index >= 15 is 0 Å². The van der Waals surface area contributed by atoms with Gasteiger partial charge in [-0.3, -0.25) is 9.59 Å². The smallest absolute Gasteiger partial charge is 0.311 e. The zero-order valence-corrected chi connectivity index (χ0v) is 11.1. The SMILES string of the molecule is CCCCCN1CC(C(=O)OC(C)C)CC1=O. The van der Waals surface area contributed by atoms with Crippen molar-refractivity contribution < 1.29 is 14.3 Å². The number of hydrogen-bond donors (Lipinski definition) is 0. The molecule has 1 aliphatic heterocycles. The number of rotatable bonds is 6. The lowest BCUT2D eigenvalue weighted by molar-refractivity contribution is -0.152. The second kappa shape index (κ2) is 6.62. The normalized spacial score (nSPS) is 20.1. The van der Waals surface area contributed by atoms with E-state index < -0.39 is 0 Å². The van der Waals surface area contributed by atoms with Gasteiger partial charge in [-0.2, -0.15) is 0 Å². The van der Waals surface area contributed by atoms with Crippen molar-refractivity contribution in [3.05, 3.63) is 0 Å². The summed E-state index contributed by atoms with van der Waals surface area (Å²) in [5.74, 6) is -0.398. The lowest BCUT2D eigenvalue weighted by Gasteiger charge is -2.16. The summed E-state index contributed by atoms with van der Waals surface area (Å²) < 4.78 is 5.14. The highest BCUT2D eigenvalue weighted by molar-refractivity contribution is 5.86. The third kappa shape index (κ3) is 4.36. The summed E-state index contributed by atoms with van der Waals surface area (Å²) in [6.45, 7) is 7.10. The first kappa shape index (κ1) is 14.0. The minimum absolute atomic E-state index is 0.0896. The van der Waals surface area contributed by atoms with Crippen molar-refractivity contribution in [2.45, 2.75) is 52.6 Å². The average Bonchev–Trinajstić information content (AvgIpc) is 2.60. The number of carbonyl (C=O) groups is 2. The highest BCUT2D eigenvalue weighted by Crippen LogP contribution is 2.20. The fourth-order valence-electron chi connectivity index (χ4n) is 2.03. The maximum absolute atomic E-state index is 11.7. The maximum Gasteiger partial charge on any atom is 0.311 e. The second-order valence-electron chi connectivity index (χ2n) is 4.93. The van der Waals surface area contributed by atoms with Crippen LogP contribution in [-0.2, 0) is 14.3 Å². The molecule has 0 aromatic rings. The molecular formula is C13H23NO3. The van der Waals surface area contributed by atoms with Gasteiger partial charge in [-0.15, -0.1) is 0 Å². The third-order valence-corrected chi connectivity index (χ3v) is 2.93. The zero-order valence-electron chi connectivity index (χ0n) is 11.1. The van der Waals surface area contributed by atoms with E-state index in [1.807, 2.05) is 13.8 Å². The van der Waals surface area contributed by atoms with Crippen LogP contribution in [0.1, 0.15) is 46.5 Å². The van der Waals surface area contributed by atoms with Gasteiger partial charge in [0.1, 0.15) is 0 Å². The number of esters is 1. The van der Waals surface area contributed by atoms with E-state index in [1.165, 1.54) is 0 Å². The zero-order chi connectivity index (χ0) is 12.8. The highest BCUT2D eigenvalue weighted by atomic mass is 16.5. The largest absolute Gasteiger partial charge is 0.463 e. The van der Waals surface area contributed by atoms with E-state index in [2.05, 4.69) is 6.92 Å². The Kier molecular flexibility index (Phi) is 5.45. The summed E-state index contributed by atoms with van der Waals surface area (Å²) in [5, 5.41) is 0. The molecule has 1 fully saturated rings. The van der Waals surface area contributed by atoms with Crippen LogP contribution < -0.4 is 0 Å². The summed E-state index contributed by atoms with van der Waals surface area (Å²) in [4.78, 5) is 25.2. The van der Waals surface area contributed by atoms with Gasteiger partial charge in [-0.1, -0.05) is 19.8 Å². The van der Waals surface area contributed by atoms with Crippen LogP contribution in [0.5, 0.6) is 0 Å². The standard InChI is InChI=1S/C13H23NO3/c1-4-5-6-7-14-9-11(8-12(14)15)13(16)17-10(2)3/h10-11H,4-9H2,1-3H3. The second-order valence-corrected chi connectivity index (χ2v) is 4.93. The van der Waals surface area contributed by atoms with Gasteiger partial charge in [-0.05, 0) is 20.3 Å². The van der Waals surface area contributed by atoms with E-state index in [0.717, 1.165) is 25.8 Å². The summed E-state index contributed by atoms with van der Waals surface area (Å²) in [5.41, 5.74) is 0. The molecule has 0 bridgehead atoms. The van der Waals surface area contributed by atoms with E-state index in [-0.39, 0.29) is 23.9 Å². The van der Waals surface area contributed by atoms with Gasteiger partial charge in [0.15, 0.2) is 0 Å². The molecule has 1 atom stereocenters. The molecule has 0 aromatic carbocycles. The van der Waals surface area contributed by atoms with E-state index in [9.17, 15) is 9.59 Å². The summed E-state index contributed by atoms with van der Waals surface area (Å²) in [6.07, 6.45) is 3.50. The quantitative estimate of drug-likeness (QED) is 0.527. The first-order valence-electron chi connectivity index (χ1n) is 6.52. The molecule has 0 spiro atoms. The van der Waals surface area contributed by atoms with Gasteiger partial charge in [0, 0.05) is 19.5 Å². The summed E-state index contributed by atoms with van der Waals surface area (Å²) in [7, 11) is 0. The van der Waals surface area contributed by atoms with Crippen LogP contribution in [0.2, 0.25) is 0 Å². The van der Waals surface area contributed by atoms with Gasteiger partial charge in [0.25, 0.3) is 0 Å². The Bertz CT molecular complexity index is 276. The maximum atomic E-state index is 11.7. The van der Waals surface area contributed by atoms with Crippen molar-refractivity contribution >= 4 is 11.9 Å². The number of unbranched alkanes of at least 4 members (excludes halogenated alkanes) is 2. The van der Waals surface area contributed by atoms with Crippen LogP contribution in [0, 0.1) is 5.92 Å². The molecule has 4 heteroatoms. The number of ether oxygens (including phenoxy) is 1. The Hall–Kier alpha value is -1.06. The molecular weight excluding hydrogens is 218 g/mol. The monoisotopic (exact) mass is 241 g/mol. The van der Waals surface area contributed by atoms with Crippen LogP contribution in [0.4, 0.5) is 0 Å². The fourth-order valence-corrected chi connectivity index (χ4v) is 2.03. The first-order valence-corrected chi connectivity index (χ1v) is 6.52. The number of likely N-dealkylation sites (tertiary alicyclic amines) is 1. The highest BCUT2D eigenvalue weighted by Gasteiger charge is 2.35. The predicted molar refractivity (Wildman–Crippen MR) is 65.4 cm³/mol. The molecule has 4 nitrogen and oxygen atoms in total. The summed E-state index contributed by atoms with van der Waals surface area (Å²) >= 11 is 0. The average molecular weight is 241 g/mol. The van der Waals surface area contributed by atoms with Gasteiger partial charge in [0.05, 0.1) is 12.0 Å². The van der Waals surface area contributed by atoms with Crippen molar-refractivity contribution in [3.8, 4) is 0 Å². The van der Waals surface area contributed by atoms with Crippen molar-refractivity contribution in [1.82, 2.24) is 4.90 Å². The van der Waals surface area contributed by atoms with Crippen molar-refractivity contribution in [1.29, 1.82) is 0 Å².